The number of pyridine rings is 1. The van der Waals surface area contributed by atoms with Gasteiger partial charge < -0.3 is 19.7 Å². The van der Waals surface area contributed by atoms with E-state index in [1.54, 1.807) is 38.7 Å². The van der Waals surface area contributed by atoms with Gasteiger partial charge in [-0.05, 0) is 69.4 Å². The number of hydrogen-bond acceptors (Lipinski definition) is 9. The van der Waals surface area contributed by atoms with Crippen molar-refractivity contribution in [3.8, 4) is 11.5 Å². The van der Waals surface area contributed by atoms with Crippen molar-refractivity contribution in [2.24, 2.45) is 0 Å². The topological polar surface area (TPSA) is 140 Å². The Hall–Kier alpha value is -4.61. The number of fused-ring (bicyclic) bond motifs is 2. The van der Waals surface area contributed by atoms with Crippen LogP contribution in [-0.2, 0) is 22.4 Å². The normalized spacial score (nSPS) is 11.1. The number of aromatic nitrogens is 1. The Kier molecular flexibility index (Phi) is 9.36. The van der Waals surface area contributed by atoms with E-state index in [0.717, 1.165) is 42.4 Å². The molecule has 0 radical (unpaired) electrons. The SMILES string of the molecule is COc1cc2cc(C(=O)CCC(=O)O)sc2cc1Cc1cncc(Cc2cc3sc(C(=O)CCC(=O)O)cc3cc2OC)c1. The van der Waals surface area contributed by atoms with E-state index in [9.17, 15) is 19.2 Å². The average molecular weight is 632 g/mol. The molecule has 0 unspecified atom stereocenters. The lowest BCUT2D eigenvalue weighted by molar-refractivity contribution is -0.137. The number of thiophene rings is 2. The van der Waals surface area contributed by atoms with Crippen molar-refractivity contribution >= 4 is 66.4 Å². The first-order valence-corrected chi connectivity index (χ1v) is 15.4. The number of carboxylic acids is 2. The fourth-order valence-electron chi connectivity index (χ4n) is 5.01. The average Bonchev–Trinajstić information content (AvgIpc) is 3.61. The number of carboxylic acid groups (broad SMARTS) is 2. The fourth-order valence-corrected chi connectivity index (χ4v) is 7.16. The highest BCUT2D eigenvalue weighted by atomic mass is 32.1. The summed E-state index contributed by atoms with van der Waals surface area (Å²) in [6.07, 6.45) is 4.21. The number of carbonyl (C=O) groups is 4. The third kappa shape index (κ3) is 7.12. The zero-order valence-corrected chi connectivity index (χ0v) is 25.7. The number of aliphatic carboxylic acids is 2. The molecule has 5 aromatic rings. The molecule has 3 aromatic heterocycles. The maximum absolute atomic E-state index is 12.5. The van der Waals surface area contributed by atoms with Gasteiger partial charge in [-0.1, -0.05) is 6.07 Å². The third-order valence-corrected chi connectivity index (χ3v) is 9.44. The second-order valence-electron chi connectivity index (χ2n) is 10.3. The van der Waals surface area contributed by atoms with Gasteiger partial charge in [0.15, 0.2) is 11.6 Å². The lowest BCUT2D eigenvalue weighted by atomic mass is 10.00. The summed E-state index contributed by atoms with van der Waals surface area (Å²) in [7, 11) is 3.20. The first kappa shape index (κ1) is 30.8. The molecule has 44 heavy (non-hydrogen) atoms. The van der Waals surface area contributed by atoms with Gasteiger partial charge in [0.05, 0.1) is 36.8 Å². The van der Waals surface area contributed by atoms with Crippen molar-refractivity contribution in [3.63, 3.8) is 0 Å². The van der Waals surface area contributed by atoms with E-state index >= 15 is 0 Å². The van der Waals surface area contributed by atoms with Crippen molar-refractivity contribution in [2.75, 3.05) is 14.2 Å². The van der Waals surface area contributed by atoms with Gasteiger partial charge >= 0.3 is 11.9 Å². The maximum Gasteiger partial charge on any atom is 0.303 e. The fraction of sp³-hybridized carbons (Fsp3) is 0.242. The molecule has 0 spiro atoms. The van der Waals surface area contributed by atoms with E-state index in [0.29, 0.717) is 34.1 Å². The highest BCUT2D eigenvalue weighted by Gasteiger charge is 2.17. The molecule has 0 bridgehead atoms. The minimum atomic E-state index is -1.000. The zero-order valence-electron chi connectivity index (χ0n) is 24.0. The summed E-state index contributed by atoms with van der Waals surface area (Å²) >= 11 is 2.69. The van der Waals surface area contributed by atoms with E-state index in [1.807, 2.05) is 24.3 Å². The van der Waals surface area contributed by atoms with E-state index in [-0.39, 0.29) is 37.2 Å². The Morgan fingerprint density at radius 1 is 0.636 bits per heavy atom. The molecule has 0 aliphatic heterocycles. The molecule has 11 heteroatoms. The second-order valence-corrected chi connectivity index (χ2v) is 12.5. The molecule has 0 aliphatic rings. The van der Waals surface area contributed by atoms with Gasteiger partial charge in [0.25, 0.3) is 0 Å². The molecule has 0 fully saturated rings. The second kappa shape index (κ2) is 13.4. The van der Waals surface area contributed by atoms with Crippen LogP contribution in [0.3, 0.4) is 0 Å². The minimum absolute atomic E-state index is 0.0408. The van der Waals surface area contributed by atoms with E-state index in [2.05, 4.69) is 11.1 Å². The molecule has 2 aromatic carbocycles. The standard InChI is InChI=1S/C33H29NO8S2/c1-41-26-10-22-14-30(24(35)3-5-32(37)38)43-28(22)12-20(26)8-18-7-19(17-34-16-18)9-21-13-29-23(11-27(21)42-2)15-31(44-29)25(36)4-6-33(39)40/h7,10-17H,3-6,8-9H2,1-2H3,(H,37,38)(H,39,40). The lowest BCUT2D eigenvalue weighted by Gasteiger charge is -2.11. The van der Waals surface area contributed by atoms with Crippen LogP contribution in [0.5, 0.6) is 11.5 Å². The number of carbonyl (C=O) groups excluding carboxylic acids is 2. The first-order valence-electron chi connectivity index (χ1n) is 13.8. The molecule has 226 valence electrons. The third-order valence-electron chi connectivity index (χ3n) is 7.16. The molecule has 0 saturated carbocycles. The number of nitrogens with zero attached hydrogens (tertiary/aromatic N) is 1. The largest absolute Gasteiger partial charge is 0.496 e. The van der Waals surface area contributed by atoms with Crippen LogP contribution in [0.15, 0.2) is 54.9 Å². The molecule has 3 heterocycles. The summed E-state index contributed by atoms with van der Waals surface area (Å²) in [6, 6.07) is 13.4. The van der Waals surface area contributed by atoms with Crippen LogP contribution in [0.1, 0.15) is 67.3 Å². The summed E-state index contributed by atoms with van der Waals surface area (Å²) in [5.74, 6) is -1.01. The molecule has 0 aliphatic carbocycles. The van der Waals surface area contributed by atoms with E-state index in [1.165, 1.54) is 22.7 Å². The lowest BCUT2D eigenvalue weighted by Crippen LogP contribution is -2.01. The van der Waals surface area contributed by atoms with Crippen LogP contribution in [0.2, 0.25) is 0 Å². The van der Waals surface area contributed by atoms with E-state index in [4.69, 9.17) is 19.7 Å². The van der Waals surface area contributed by atoms with Gasteiger partial charge in [-0.15, -0.1) is 22.7 Å². The van der Waals surface area contributed by atoms with E-state index < -0.39 is 11.9 Å². The zero-order chi connectivity index (χ0) is 31.4. The number of hydrogen-bond donors (Lipinski definition) is 2. The Bertz CT molecular complexity index is 1770. The van der Waals surface area contributed by atoms with Crippen LogP contribution in [-0.4, -0.2) is 52.9 Å². The van der Waals surface area contributed by atoms with Crippen molar-refractivity contribution < 1.29 is 38.9 Å². The van der Waals surface area contributed by atoms with Gasteiger partial charge in [0, 0.05) is 47.5 Å². The first-order chi connectivity index (χ1) is 21.1. The molecule has 5 rings (SSSR count). The van der Waals surface area contributed by atoms with Crippen molar-refractivity contribution in [2.45, 2.75) is 38.5 Å². The predicted molar refractivity (Wildman–Crippen MR) is 169 cm³/mol. The van der Waals surface area contributed by atoms with Crippen LogP contribution in [0.25, 0.3) is 20.2 Å². The Labute approximate surface area is 260 Å². The van der Waals surface area contributed by atoms with Gasteiger partial charge in [-0.2, -0.15) is 0 Å². The predicted octanol–water partition coefficient (Wildman–Crippen LogP) is 6.80. The van der Waals surface area contributed by atoms with Crippen molar-refractivity contribution in [1.29, 1.82) is 0 Å². The maximum atomic E-state index is 12.5. The molecule has 2 N–H and O–H groups in total. The highest BCUT2D eigenvalue weighted by Crippen LogP contribution is 2.36. The monoisotopic (exact) mass is 631 g/mol. The molecule has 0 amide bonds. The molecule has 0 atom stereocenters. The number of rotatable bonds is 14. The summed E-state index contributed by atoms with van der Waals surface area (Å²) in [6.45, 7) is 0. The van der Waals surface area contributed by atoms with Crippen molar-refractivity contribution in [1.82, 2.24) is 4.98 Å². The summed E-state index contributed by atoms with van der Waals surface area (Å²) in [4.78, 5) is 52.3. The van der Waals surface area contributed by atoms with Crippen LogP contribution >= 0.6 is 22.7 Å². The molecular weight excluding hydrogens is 602 g/mol. The molecular formula is C33H29NO8S2. The number of methoxy groups -OCH3 is 2. The Morgan fingerprint density at radius 3 is 1.45 bits per heavy atom. The minimum Gasteiger partial charge on any atom is -0.496 e. The Balaban J connectivity index is 1.37. The summed E-state index contributed by atoms with van der Waals surface area (Å²) < 4.78 is 13.2. The number of ketones is 2. The molecule has 9 nitrogen and oxygen atoms in total. The summed E-state index contributed by atoms with van der Waals surface area (Å²) in [5, 5.41) is 19.6. The number of Topliss-reactive ketones (excluding diaryl/α,β-unsaturated/α-hetero) is 2. The Morgan fingerprint density at radius 2 is 1.07 bits per heavy atom. The highest BCUT2D eigenvalue weighted by molar-refractivity contribution is 7.21. The quantitative estimate of drug-likeness (QED) is 0.127. The van der Waals surface area contributed by atoms with Gasteiger partial charge in [-0.25, -0.2) is 0 Å². The smallest absolute Gasteiger partial charge is 0.303 e. The van der Waals surface area contributed by atoms with Crippen LogP contribution in [0.4, 0.5) is 0 Å². The van der Waals surface area contributed by atoms with Crippen molar-refractivity contribution in [3.05, 3.63) is 86.9 Å². The van der Waals surface area contributed by atoms with Gasteiger partial charge in [-0.3, -0.25) is 24.2 Å². The van der Waals surface area contributed by atoms with Gasteiger partial charge in [0.2, 0.25) is 0 Å². The van der Waals surface area contributed by atoms with Crippen LogP contribution in [0, 0.1) is 0 Å². The number of ether oxygens (including phenoxy) is 2. The summed E-state index contributed by atoms with van der Waals surface area (Å²) in [5.41, 5.74) is 3.81. The van der Waals surface area contributed by atoms with Gasteiger partial charge in [0.1, 0.15) is 11.5 Å². The molecule has 0 saturated heterocycles. The van der Waals surface area contributed by atoms with Crippen LogP contribution < -0.4 is 9.47 Å². The number of benzene rings is 2.